The lowest BCUT2D eigenvalue weighted by Crippen LogP contribution is -2.20. The second kappa shape index (κ2) is 8.80. The summed E-state index contributed by atoms with van der Waals surface area (Å²) < 4.78 is 27.0. The maximum Gasteiger partial charge on any atom is 0.270 e. The summed E-state index contributed by atoms with van der Waals surface area (Å²) in [6, 6.07) is 6.51. The average molecular weight is 345 g/mol. The van der Waals surface area contributed by atoms with Crippen molar-refractivity contribution in [3.63, 3.8) is 0 Å². The topological polar surface area (TPSA) is 3.24 Å². The van der Waals surface area contributed by atoms with Gasteiger partial charge in [0.25, 0.3) is 5.92 Å². The van der Waals surface area contributed by atoms with Crippen LogP contribution >= 0.6 is 0 Å². The molecule has 0 aliphatic carbocycles. The summed E-state index contributed by atoms with van der Waals surface area (Å²) >= 11 is 0. The Morgan fingerprint density at radius 1 is 1.20 bits per heavy atom. The maximum absolute atomic E-state index is 13.5. The number of likely N-dealkylation sites (N-methyl/N-ethyl adjacent to an activating group) is 1. The Hall–Kier alpha value is -2.16. The van der Waals surface area contributed by atoms with Crippen molar-refractivity contribution in [1.82, 2.24) is 4.90 Å². The lowest BCUT2D eigenvalue weighted by Gasteiger charge is -2.23. The van der Waals surface area contributed by atoms with Crippen LogP contribution in [0.5, 0.6) is 0 Å². The zero-order chi connectivity index (χ0) is 19.2. The van der Waals surface area contributed by atoms with Crippen LogP contribution in [0.25, 0.3) is 5.57 Å². The number of benzene rings is 1. The van der Waals surface area contributed by atoms with E-state index in [1.807, 2.05) is 39.1 Å². The first-order valence-electron chi connectivity index (χ1n) is 8.47. The zero-order valence-corrected chi connectivity index (χ0v) is 16.0. The molecule has 0 heterocycles. The molecule has 0 bridgehead atoms. The summed E-state index contributed by atoms with van der Waals surface area (Å²) in [5, 5.41) is 0. The standard InChI is InChI=1S/C22H29F2N/c1-8-17(4)15-25(7)21(16(2)3)13-12-18(5)19-10-9-11-20(14-19)22(6,23)24/h9-14H,2,4,8,15H2,1,3,5-7H3/b18-12+,21-13+. The molecule has 136 valence electrons. The fourth-order valence-corrected chi connectivity index (χ4v) is 2.47. The Kier molecular flexibility index (Phi) is 7.35. The van der Waals surface area contributed by atoms with E-state index >= 15 is 0 Å². The van der Waals surface area contributed by atoms with Crippen molar-refractivity contribution in [2.24, 2.45) is 0 Å². The van der Waals surface area contributed by atoms with Gasteiger partial charge < -0.3 is 4.90 Å². The van der Waals surface area contributed by atoms with Gasteiger partial charge in [0.15, 0.2) is 0 Å². The van der Waals surface area contributed by atoms with E-state index < -0.39 is 5.92 Å². The van der Waals surface area contributed by atoms with Crippen molar-refractivity contribution in [2.75, 3.05) is 13.6 Å². The quantitative estimate of drug-likeness (QED) is 0.381. The highest BCUT2D eigenvalue weighted by Crippen LogP contribution is 2.29. The van der Waals surface area contributed by atoms with Gasteiger partial charge in [-0.1, -0.05) is 49.9 Å². The van der Waals surface area contributed by atoms with Crippen molar-refractivity contribution in [3.8, 4) is 0 Å². The third-order valence-corrected chi connectivity index (χ3v) is 4.13. The number of hydrogen-bond donors (Lipinski definition) is 0. The van der Waals surface area contributed by atoms with Crippen LogP contribution in [-0.2, 0) is 5.92 Å². The molecule has 1 aromatic carbocycles. The molecule has 0 radical (unpaired) electrons. The Morgan fingerprint density at radius 3 is 2.36 bits per heavy atom. The lowest BCUT2D eigenvalue weighted by atomic mass is 10.0. The third-order valence-electron chi connectivity index (χ3n) is 4.13. The lowest BCUT2D eigenvalue weighted by molar-refractivity contribution is 0.0174. The van der Waals surface area contributed by atoms with Gasteiger partial charge in [-0.15, -0.1) is 0 Å². The van der Waals surface area contributed by atoms with Crippen LogP contribution in [0.3, 0.4) is 0 Å². The van der Waals surface area contributed by atoms with E-state index in [2.05, 4.69) is 25.0 Å². The van der Waals surface area contributed by atoms with Crippen LogP contribution in [0.2, 0.25) is 0 Å². The van der Waals surface area contributed by atoms with E-state index in [1.165, 1.54) is 6.07 Å². The zero-order valence-electron chi connectivity index (χ0n) is 16.0. The molecule has 0 aliphatic rings. The van der Waals surface area contributed by atoms with Crippen molar-refractivity contribution >= 4 is 5.57 Å². The molecule has 0 spiro atoms. The Morgan fingerprint density at radius 2 is 1.84 bits per heavy atom. The first-order chi connectivity index (χ1) is 11.6. The SMILES string of the molecule is C=C(CC)CN(C)/C(=C/C=C(\C)c1cccc(C(C)(F)F)c1)C(=C)C. The molecule has 0 saturated heterocycles. The molecule has 0 amide bonds. The monoisotopic (exact) mass is 345 g/mol. The van der Waals surface area contributed by atoms with Gasteiger partial charge in [0.2, 0.25) is 0 Å². The highest BCUT2D eigenvalue weighted by Gasteiger charge is 2.24. The summed E-state index contributed by atoms with van der Waals surface area (Å²) in [6.07, 6.45) is 4.86. The normalized spacial score (nSPS) is 12.9. The maximum atomic E-state index is 13.5. The van der Waals surface area contributed by atoms with E-state index in [4.69, 9.17) is 0 Å². The minimum Gasteiger partial charge on any atom is -0.370 e. The van der Waals surface area contributed by atoms with Crippen molar-refractivity contribution in [2.45, 2.75) is 40.0 Å². The molecule has 0 N–H and O–H groups in total. The molecule has 25 heavy (non-hydrogen) atoms. The molecule has 0 atom stereocenters. The number of hydrogen-bond acceptors (Lipinski definition) is 1. The number of allylic oxidation sites excluding steroid dienone is 4. The van der Waals surface area contributed by atoms with Gasteiger partial charge in [-0.3, -0.25) is 0 Å². The number of alkyl halides is 2. The molecule has 0 aliphatic heterocycles. The van der Waals surface area contributed by atoms with Crippen molar-refractivity contribution in [3.05, 3.63) is 77.5 Å². The van der Waals surface area contributed by atoms with Gasteiger partial charge >= 0.3 is 0 Å². The van der Waals surface area contributed by atoms with Crippen LogP contribution in [0.15, 0.2) is 66.4 Å². The van der Waals surface area contributed by atoms with Crippen LogP contribution in [0.1, 0.15) is 45.2 Å². The van der Waals surface area contributed by atoms with E-state index in [0.29, 0.717) is 0 Å². The molecule has 0 fully saturated rings. The summed E-state index contributed by atoms with van der Waals surface area (Å²) in [7, 11) is 2.00. The molecule has 0 unspecified atom stereocenters. The fourth-order valence-electron chi connectivity index (χ4n) is 2.47. The number of rotatable bonds is 8. The first kappa shape index (κ1) is 20.9. The molecule has 3 heteroatoms. The predicted octanol–water partition coefficient (Wildman–Crippen LogP) is 6.56. The summed E-state index contributed by atoms with van der Waals surface area (Å²) in [5.41, 5.74) is 4.84. The molecule has 0 aromatic heterocycles. The smallest absolute Gasteiger partial charge is 0.270 e. The Balaban J connectivity index is 3.11. The van der Waals surface area contributed by atoms with Gasteiger partial charge in [0.1, 0.15) is 0 Å². The summed E-state index contributed by atoms with van der Waals surface area (Å²) in [4.78, 5) is 2.11. The van der Waals surface area contributed by atoms with Crippen LogP contribution in [0.4, 0.5) is 8.78 Å². The Labute approximate surface area is 151 Å². The summed E-state index contributed by atoms with van der Waals surface area (Å²) in [5.74, 6) is -2.84. The van der Waals surface area contributed by atoms with E-state index in [0.717, 1.165) is 47.9 Å². The highest BCUT2D eigenvalue weighted by atomic mass is 19.3. The fraction of sp³-hybridized carbons (Fsp3) is 0.364. The van der Waals surface area contributed by atoms with E-state index in [9.17, 15) is 8.78 Å². The first-order valence-corrected chi connectivity index (χ1v) is 8.47. The van der Waals surface area contributed by atoms with Gasteiger partial charge in [0, 0.05) is 31.8 Å². The summed E-state index contributed by atoms with van der Waals surface area (Å²) in [6.45, 7) is 15.7. The highest BCUT2D eigenvalue weighted by molar-refractivity contribution is 5.66. The molecule has 1 aromatic rings. The average Bonchev–Trinajstić information content (AvgIpc) is 2.53. The molecular formula is C22H29F2N. The van der Waals surface area contributed by atoms with E-state index in [-0.39, 0.29) is 5.56 Å². The van der Waals surface area contributed by atoms with Crippen molar-refractivity contribution < 1.29 is 8.78 Å². The third kappa shape index (κ3) is 6.33. The van der Waals surface area contributed by atoms with Crippen LogP contribution in [0, 0.1) is 0 Å². The molecular weight excluding hydrogens is 316 g/mol. The van der Waals surface area contributed by atoms with Gasteiger partial charge in [-0.05, 0) is 49.1 Å². The molecule has 1 rings (SSSR count). The van der Waals surface area contributed by atoms with Crippen molar-refractivity contribution in [1.29, 1.82) is 0 Å². The van der Waals surface area contributed by atoms with E-state index in [1.54, 1.807) is 12.1 Å². The largest absolute Gasteiger partial charge is 0.370 e. The van der Waals surface area contributed by atoms with Gasteiger partial charge in [-0.25, -0.2) is 8.78 Å². The second-order valence-electron chi connectivity index (χ2n) is 6.61. The molecule has 0 saturated carbocycles. The second-order valence-corrected chi connectivity index (χ2v) is 6.61. The number of nitrogens with zero attached hydrogens (tertiary/aromatic N) is 1. The molecule has 1 nitrogen and oxygen atoms in total. The predicted molar refractivity (Wildman–Crippen MR) is 105 cm³/mol. The minimum atomic E-state index is -2.84. The van der Waals surface area contributed by atoms with Crippen LogP contribution < -0.4 is 0 Å². The van der Waals surface area contributed by atoms with Crippen LogP contribution in [-0.4, -0.2) is 18.5 Å². The Bertz CT molecular complexity index is 690. The minimum absolute atomic E-state index is 0.0261. The van der Waals surface area contributed by atoms with Gasteiger partial charge in [-0.2, -0.15) is 0 Å². The number of halogens is 2. The van der Waals surface area contributed by atoms with Gasteiger partial charge in [0.05, 0.1) is 0 Å².